The molecule has 0 aliphatic heterocycles. The van der Waals surface area contributed by atoms with Crippen molar-refractivity contribution in [3.63, 3.8) is 0 Å². The number of nitrogen functional groups attached to an aromatic ring is 1. The third kappa shape index (κ3) is 2.22. The van der Waals surface area contributed by atoms with Gasteiger partial charge in [-0.1, -0.05) is 6.92 Å². The van der Waals surface area contributed by atoms with E-state index in [2.05, 4.69) is 37.4 Å². The van der Waals surface area contributed by atoms with E-state index in [1.54, 1.807) is 23.7 Å². The number of hydrogen-bond donors (Lipinski definition) is 3. The van der Waals surface area contributed by atoms with E-state index >= 15 is 0 Å². The number of nitrogens with two attached hydrogens (primary N) is 1. The van der Waals surface area contributed by atoms with Crippen LogP contribution in [0.5, 0.6) is 0 Å². The van der Waals surface area contributed by atoms with Gasteiger partial charge in [-0.05, 0) is 6.42 Å². The first kappa shape index (κ1) is 11.8. The molecule has 0 saturated carbocycles. The predicted molar refractivity (Wildman–Crippen MR) is 74.9 cm³/mol. The smallest absolute Gasteiger partial charge is 0.224 e. The summed E-state index contributed by atoms with van der Waals surface area (Å²) in [6.07, 6.45) is 4.38. The Kier molecular flexibility index (Phi) is 3.00. The molecule has 0 aromatic carbocycles. The summed E-state index contributed by atoms with van der Waals surface area (Å²) in [4.78, 5) is 12.7. The van der Waals surface area contributed by atoms with Crippen LogP contribution in [0.2, 0.25) is 0 Å². The second-order valence-corrected chi connectivity index (χ2v) is 4.96. The molecule has 0 saturated heterocycles. The van der Waals surface area contributed by atoms with Gasteiger partial charge in [-0.25, -0.2) is 4.98 Å². The van der Waals surface area contributed by atoms with E-state index in [-0.39, 0.29) is 12.0 Å². The van der Waals surface area contributed by atoms with Crippen LogP contribution in [0.25, 0.3) is 11.0 Å². The van der Waals surface area contributed by atoms with Crippen LogP contribution < -0.4 is 11.1 Å². The number of aromatic amines is 1. The molecule has 98 valence electrons. The first-order chi connectivity index (χ1) is 9.28. The molecule has 19 heavy (non-hydrogen) atoms. The molecule has 0 spiro atoms. The summed E-state index contributed by atoms with van der Waals surface area (Å²) in [5, 5.41) is 13.9. The molecule has 0 aliphatic rings. The van der Waals surface area contributed by atoms with E-state index < -0.39 is 0 Å². The summed E-state index contributed by atoms with van der Waals surface area (Å²) < 4.78 is 0. The summed E-state index contributed by atoms with van der Waals surface area (Å²) in [5.74, 6) is 0.895. The van der Waals surface area contributed by atoms with Gasteiger partial charge in [-0.15, -0.1) is 11.3 Å². The number of nitrogens with one attached hydrogen (secondary N) is 2. The fourth-order valence-corrected chi connectivity index (χ4v) is 2.64. The van der Waals surface area contributed by atoms with E-state index in [0.717, 1.165) is 16.8 Å². The monoisotopic (exact) mass is 275 g/mol. The molecule has 4 N–H and O–H groups in total. The normalized spacial score (nSPS) is 12.7. The highest BCUT2D eigenvalue weighted by Gasteiger charge is 2.15. The van der Waals surface area contributed by atoms with Gasteiger partial charge < -0.3 is 11.1 Å². The highest BCUT2D eigenvalue weighted by Crippen LogP contribution is 2.27. The maximum absolute atomic E-state index is 5.70. The highest BCUT2D eigenvalue weighted by atomic mass is 32.1. The number of anilines is 2. The third-order valence-electron chi connectivity index (χ3n) is 2.80. The van der Waals surface area contributed by atoms with Crippen LogP contribution >= 0.6 is 11.3 Å². The lowest BCUT2D eigenvalue weighted by Crippen LogP contribution is -2.12. The first-order valence-electron chi connectivity index (χ1n) is 5.90. The molecule has 0 bridgehead atoms. The molecule has 8 heteroatoms. The molecule has 0 fully saturated rings. The van der Waals surface area contributed by atoms with E-state index in [1.165, 1.54) is 0 Å². The molecule has 0 aliphatic carbocycles. The number of hydrogen-bond acceptors (Lipinski definition) is 7. The number of nitrogens with zero attached hydrogens (tertiary/aromatic N) is 4. The molecule has 1 atom stereocenters. The Labute approximate surface area is 113 Å². The van der Waals surface area contributed by atoms with Crippen LogP contribution in [0.3, 0.4) is 0 Å². The van der Waals surface area contributed by atoms with E-state index in [9.17, 15) is 0 Å². The van der Waals surface area contributed by atoms with Gasteiger partial charge in [0.1, 0.15) is 10.8 Å². The predicted octanol–water partition coefficient (Wildman–Crippen LogP) is 1.95. The topological polar surface area (TPSA) is 105 Å². The molecule has 1 unspecified atom stereocenters. The van der Waals surface area contributed by atoms with Crippen molar-refractivity contribution in [1.29, 1.82) is 0 Å². The van der Waals surface area contributed by atoms with E-state index in [0.29, 0.717) is 11.5 Å². The molecular formula is C11H13N7S. The fraction of sp³-hybridized carbons (Fsp3) is 0.273. The van der Waals surface area contributed by atoms with Gasteiger partial charge in [0, 0.05) is 11.6 Å². The second-order valence-electron chi connectivity index (χ2n) is 4.04. The Morgan fingerprint density at radius 2 is 2.37 bits per heavy atom. The minimum atomic E-state index is 0.104. The molecule has 0 amide bonds. The van der Waals surface area contributed by atoms with Crippen LogP contribution in [-0.2, 0) is 0 Å². The average Bonchev–Trinajstić information content (AvgIpc) is 3.05. The quantitative estimate of drug-likeness (QED) is 0.672. The maximum atomic E-state index is 5.70. The molecule has 3 aromatic heterocycles. The number of fused-ring (bicyclic) bond motifs is 1. The number of H-pyrrole nitrogens is 1. The lowest BCUT2D eigenvalue weighted by Gasteiger charge is -2.15. The van der Waals surface area contributed by atoms with Crippen LogP contribution in [0.1, 0.15) is 24.4 Å². The van der Waals surface area contributed by atoms with Gasteiger partial charge in [-0.2, -0.15) is 15.1 Å². The van der Waals surface area contributed by atoms with Crippen molar-refractivity contribution in [1.82, 2.24) is 25.1 Å². The molecule has 0 radical (unpaired) electrons. The zero-order chi connectivity index (χ0) is 13.2. The standard InChI is InChI=1S/C11H13N7S/c1-2-7(10-13-3-4-19-10)15-8-6-5-14-18-9(6)17-11(12)16-8/h3-5,7H,2H2,1H3,(H4,12,14,15,16,17,18). The number of rotatable bonds is 4. The largest absolute Gasteiger partial charge is 0.368 e. The van der Waals surface area contributed by atoms with Crippen molar-refractivity contribution < 1.29 is 0 Å². The van der Waals surface area contributed by atoms with Crippen LogP contribution in [0, 0.1) is 0 Å². The van der Waals surface area contributed by atoms with Crippen LogP contribution in [0.4, 0.5) is 11.8 Å². The van der Waals surface area contributed by atoms with Crippen molar-refractivity contribution in [2.24, 2.45) is 0 Å². The Balaban J connectivity index is 1.98. The van der Waals surface area contributed by atoms with Gasteiger partial charge in [0.25, 0.3) is 0 Å². The van der Waals surface area contributed by atoms with E-state index in [1.807, 2.05) is 5.38 Å². The molecular weight excluding hydrogens is 262 g/mol. The highest BCUT2D eigenvalue weighted by molar-refractivity contribution is 7.09. The zero-order valence-corrected chi connectivity index (χ0v) is 11.1. The minimum Gasteiger partial charge on any atom is -0.368 e. The summed E-state index contributed by atoms with van der Waals surface area (Å²) >= 11 is 1.61. The Morgan fingerprint density at radius 1 is 1.47 bits per heavy atom. The summed E-state index contributed by atoms with van der Waals surface area (Å²) in [6, 6.07) is 0.104. The molecule has 3 rings (SSSR count). The maximum Gasteiger partial charge on any atom is 0.224 e. The Bertz CT molecular complexity index is 675. The van der Waals surface area contributed by atoms with Crippen molar-refractivity contribution in [2.75, 3.05) is 11.1 Å². The van der Waals surface area contributed by atoms with Gasteiger partial charge >= 0.3 is 0 Å². The van der Waals surface area contributed by atoms with Crippen molar-refractivity contribution in [2.45, 2.75) is 19.4 Å². The van der Waals surface area contributed by atoms with Gasteiger partial charge in [0.2, 0.25) is 5.95 Å². The van der Waals surface area contributed by atoms with Crippen molar-refractivity contribution in [3.05, 3.63) is 22.8 Å². The number of thiazole rings is 1. The summed E-state index contributed by atoms with van der Waals surface area (Å²) in [5.41, 5.74) is 6.33. The Hall–Kier alpha value is -2.22. The average molecular weight is 275 g/mol. The SMILES string of the molecule is CCC(Nc1nc(N)nc2[nH]ncc12)c1nccs1. The van der Waals surface area contributed by atoms with Crippen molar-refractivity contribution >= 4 is 34.1 Å². The van der Waals surface area contributed by atoms with Crippen LogP contribution in [-0.4, -0.2) is 25.1 Å². The van der Waals surface area contributed by atoms with Crippen LogP contribution in [0.15, 0.2) is 17.8 Å². The molecule has 3 aromatic rings. The fourth-order valence-electron chi connectivity index (χ4n) is 1.87. The lowest BCUT2D eigenvalue weighted by atomic mass is 10.2. The first-order valence-corrected chi connectivity index (χ1v) is 6.78. The second kappa shape index (κ2) is 4.81. The lowest BCUT2D eigenvalue weighted by molar-refractivity contribution is 0.739. The third-order valence-corrected chi connectivity index (χ3v) is 3.68. The minimum absolute atomic E-state index is 0.104. The molecule has 3 heterocycles. The Morgan fingerprint density at radius 3 is 3.11 bits per heavy atom. The zero-order valence-electron chi connectivity index (χ0n) is 10.3. The molecule has 7 nitrogen and oxygen atoms in total. The summed E-state index contributed by atoms with van der Waals surface area (Å²) in [6.45, 7) is 2.09. The number of aromatic nitrogens is 5. The van der Waals surface area contributed by atoms with Gasteiger partial charge in [0.05, 0.1) is 17.6 Å². The summed E-state index contributed by atoms with van der Waals surface area (Å²) in [7, 11) is 0. The van der Waals surface area contributed by atoms with Gasteiger partial charge in [-0.3, -0.25) is 5.10 Å². The van der Waals surface area contributed by atoms with E-state index in [4.69, 9.17) is 5.73 Å². The van der Waals surface area contributed by atoms with Gasteiger partial charge in [0.15, 0.2) is 5.65 Å². The van der Waals surface area contributed by atoms with Crippen molar-refractivity contribution in [3.8, 4) is 0 Å².